The fourth-order valence-corrected chi connectivity index (χ4v) is 5.88. The number of nitrogens with one attached hydrogen (secondary N) is 3. The Bertz CT molecular complexity index is 1090. The first-order valence-electron chi connectivity index (χ1n) is 9.42. The van der Waals surface area contributed by atoms with Gasteiger partial charge in [0.25, 0.3) is 5.91 Å². The predicted octanol–water partition coefficient (Wildman–Crippen LogP) is -1.52. The molecule has 2 saturated heterocycles. The van der Waals surface area contributed by atoms with Crippen LogP contribution in [-0.4, -0.2) is 83.2 Å². The number of pyridine rings is 1. The Hall–Kier alpha value is -3.52. The Morgan fingerprint density at radius 1 is 1.44 bits per heavy atom. The molecule has 2 amide bonds. The van der Waals surface area contributed by atoms with Gasteiger partial charge in [-0.3, -0.25) is 20.5 Å². The molecule has 32 heavy (non-hydrogen) atoms. The third-order valence-electron chi connectivity index (χ3n) is 5.19. The number of fused-ring (bicyclic) bond motifs is 1. The van der Waals surface area contributed by atoms with Gasteiger partial charge in [0.2, 0.25) is 0 Å². The molecule has 0 saturated carbocycles. The summed E-state index contributed by atoms with van der Waals surface area (Å²) in [6.07, 6.45) is 1.60. The molecule has 0 spiro atoms. The molecule has 172 valence electrons. The van der Waals surface area contributed by atoms with Crippen molar-refractivity contribution >= 4 is 39.8 Å². The van der Waals surface area contributed by atoms with E-state index in [1.807, 2.05) is 5.32 Å². The first-order chi connectivity index (χ1) is 15.0. The van der Waals surface area contributed by atoms with Crippen LogP contribution >= 0.6 is 0 Å². The lowest BCUT2D eigenvalue weighted by Crippen LogP contribution is -2.59. The van der Waals surface area contributed by atoms with E-state index in [4.69, 9.17) is 15.9 Å². The molecule has 0 aliphatic carbocycles. The van der Waals surface area contributed by atoms with Crippen LogP contribution < -0.4 is 16.4 Å². The number of rotatable bonds is 6. The van der Waals surface area contributed by atoms with E-state index in [0.717, 1.165) is 11.8 Å². The van der Waals surface area contributed by atoms with Crippen LogP contribution in [-0.2, 0) is 24.2 Å². The number of hydrogen-bond acceptors (Lipinski definition) is 9. The second-order valence-electron chi connectivity index (χ2n) is 7.31. The number of alkyl carbamates (subject to hydrolysis) is 1. The number of aromatic nitrogens is 1. The van der Waals surface area contributed by atoms with Crippen molar-refractivity contribution < 1.29 is 32.6 Å². The lowest BCUT2D eigenvalue weighted by molar-refractivity contribution is -0.153. The molecule has 0 bridgehead atoms. The fourth-order valence-electron chi connectivity index (χ4n) is 3.60. The van der Waals surface area contributed by atoms with Gasteiger partial charge in [0.1, 0.15) is 11.4 Å². The second-order valence-corrected chi connectivity index (χ2v) is 9.78. The summed E-state index contributed by atoms with van der Waals surface area (Å²) in [7, 11) is -4.33. The smallest absolute Gasteiger partial charge is 0.413 e. The van der Waals surface area contributed by atoms with Crippen molar-refractivity contribution in [3.8, 4) is 0 Å². The van der Waals surface area contributed by atoms with Gasteiger partial charge in [-0.2, -0.15) is 0 Å². The highest BCUT2D eigenvalue weighted by Crippen LogP contribution is 2.49. The number of amides is 2. The van der Waals surface area contributed by atoms with Gasteiger partial charge in [0.05, 0.1) is 11.3 Å². The monoisotopic (exact) mass is 466 g/mol. The van der Waals surface area contributed by atoms with Crippen molar-refractivity contribution in [1.82, 2.24) is 20.5 Å². The summed E-state index contributed by atoms with van der Waals surface area (Å²) >= 11 is 0. The summed E-state index contributed by atoms with van der Waals surface area (Å²) in [5, 5.41) is 20.2. The van der Waals surface area contributed by atoms with E-state index >= 15 is 0 Å². The molecular formula is C18H22N6O7S. The average molecular weight is 466 g/mol. The number of ether oxygens (including phenoxy) is 1. The summed E-state index contributed by atoms with van der Waals surface area (Å²) in [4.78, 5) is 41.4. The van der Waals surface area contributed by atoms with E-state index in [2.05, 4.69) is 10.3 Å². The third-order valence-corrected chi connectivity index (χ3v) is 7.90. The molecule has 3 heterocycles. The highest BCUT2D eigenvalue weighted by atomic mass is 32.2. The van der Waals surface area contributed by atoms with Crippen LogP contribution in [0.3, 0.4) is 0 Å². The van der Waals surface area contributed by atoms with Crippen LogP contribution in [0.15, 0.2) is 30.0 Å². The first kappa shape index (κ1) is 23.1. The highest BCUT2D eigenvalue weighted by Gasteiger charge is 2.72. The zero-order chi connectivity index (χ0) is 23.7. The SMILES string of the molecule is C[C@]1(COC(=O)NC(=N)NCCN)[C@H](C(=O)O)N2C(=O)/C(=C/c3ccccn3)[C@H]2S1(=O)=O. The number of carbonyl (C=O) groups excluding carboxylic acids is 2. The Morgan fingerprint density at radius 2 is 2.16 bits per heavy atom. The van der Waals surface area contributed by atoms with Crippen molar-refractivity contribution in [2.75, 3.05) is 19.7 Å². The Kier molecular flexibility index (Phi) is 6.18. The van der Waals surface area contributed by atoms with Crippen molar-refractivity contribution in [2.24, 2.45) is 5.73 Å². The van der Waals surface area contributed by atoms with E-state index in [1.165, 1.54) is 12.3 Å². The molecule has 3 atom stereocenters. The maximum Gasteiger partial charge on any atom is 0.413 e. The summed E-state index contributed by atoms with van der Waals surface area (Å²) in [5.74, 6) is -2.73. The van der Waals surface area contributed by atoms with E-state index in [1.54, 1.807) is 18.2 Å². The molecule has 2 aliphatic heterocycles. The van der Waals surface area contributed by atoms with Gasteiger partial charge in [-0.15, -0.1) is 0 Å². The molecule has 2 fully saturated rings. The number of nitrogens with two attached hydrogens (primary N) is 1. The van der Waals surface area contributed by atoms with E-state index in [-0.39, 0.29) is 18.7 Å². The van der Waals surface area contributed by atoms with Gasteiger partial charge in [0.15, 0.2) is 27.2 Å². The molecule has 0 aromatic carbocycles. The third kappa shape index (κ3) is 3.78. The predicted molar refractivity (Wildman–Crippen MR) is 111 cm³/mol. The number of sulfone groups is 1. The summed E-state index contributed by atoms with van der Waals surface area (Å²) in [6.45, 7) is 0.668. The molecule has 1 aromatic rings. The van der Waals surface area contributed by atoms with Gasteiger partial charge in [-0.25, -0.2) is 18.0 Å². The summed E-state index contributed by atoms with van der Waals surface area (Å²) < 4.78 is 29.4. The van der Waals surface area contributed by atoms with Gasteiger partial charge in [-0.05, 0) is 25.1 Å². The lowest BCUT2D eigenvalue weighted by atomic mass is 9.94. The number of carbonyl (C=O) groups is 3. The van der Waals surface area contributed by atoms with Crippen LogP contribution in [0.5, 0.6) is 0 Å². The topological polar surface area (TPSA) is 205 Å². The molecule has 13 nitrogen and oxygen atoms in total. The highest BCUT2D eigenvalue weighted by molar-refractivity contribution is 7.94. The van der Waals surface area contributed by atoms with Crippen molar-refractivity contribution in [1.29, 1.82) is 5.41 Å². The van der Waals surface area contributed by atoms with Gasteiger partial charge in [-0.1, -0.05) is 6.07 Å². The van der Waals surface area contributed by atoms with Crippen LogP contribution in [0, 0.1) is 5.41 Å². The largest absolute Gasteiger partial charge is 0.480 e. The number of hydrogen-bond donors (Lipinski definition) is 5. The van der Waals surface area contributed by atoms with E-state index in [9.17, 15) is 27.9 Å². The van der Waals surface area contributed by atoms with E-state index in [0.29, 0.717) is 5.69 Å². The van der Waals surface area contributed by atoms with Crippen molar-refractivity contribution in [3.63, 3.8) is 0 Å². The first-order valence-corrected chi connectivity index (χ1v) is 11.0. The zero-order valence-electron chi connectivity index (χ0n) is 16.9. The molecule has 6 N–H and O–H groups in total. The molecule has 1 aromatic heterocycles. The fraction of sp³-hybridized carbons (Fsp3) is 0.389. The molecular weight excluding hydrogens is 444 g/mol. The number of carboxylic acid groups (broad SMARTS) is 1. The maximum absolute atomic E-state index is 13.3. The normalized spacial score (nSPS) is 26.8. The maximum atomic E-state index is 13.3. The van der Waals surface area contributed by atoms with Crippen LogP contribution in [0.2, 0.25) is 0 Å². The van der Waals surface area contributed by atoms with Crippen LogP contribution in [0.1, 0.15) is 12.6 Å². The molecule has 2 aliphatic rings. The summed E-state index contributed by atoms with van der Waals surface area (Å²) in [5.41, 5.74) is 5.50. The van der Waals surface area contributed by atoms with E-state index < -0.39 is 56.5 Å². The van der Waals surface area contributed by atoms with Gasteiger partial charge < -0.3 is 25.8 Å². The van der Waals surface area contributed by atoms with Gasteiger partial charge in [0, 0.05) is 19.3 Å². The number of carboxylic acids is 1. The summed E-state index contributed by atoms with van der Waals surface area (Å²) in [6, 6.07) is 3.10. The number of aliphatic carboxylic acids is 1. The molecule has 3 rings (SSSR count). The number of nitrogens with zero attached hydrogens (tertiary/aromatic N) is 2. The molecule has 0 radical (unpaired) electrons. The van der Waals surface area contributed by atoms with Crippen LogP contribution in [0.4, 0.5) is 4.79 Å². The number of β-lactam (4-membered cyclic amide) rings is 1. The van der Waals surface area contributed by atoms with Gasteiger partial charge >= 0.3 is 12.1 Å². The quantitative estimate of drug-likeness (QED) is 0.142. The number of guanidine groups is 1. The minimum atomic E-state index is -4.33. The minimum absolute atomic E-state index is 0.115. The second kappa shape index (κ2) is 8.55. The minimum Gasteiger partial charge on any atom is -0.480 e. The Morgan fingerprint density at radius 3 is 2.75 bits per heavy atom. The standard InChI is InChI=1S/C18H22N6O7S/c1-18(9-31-17(28)23-16(20)22-7-5-19)12(15(26)27)24-13(25)11(14(24)32(18,29)30)8-10-4-2-3-6-21-10/h2-4,6,8,12,14H,5,7,9,19H2,1H3,(H,26,27)(H3,20,22,23,28)/b11-8-/t12-,14+,18-/m0/s1. The Labute approximate surface area is 183 Å². The molecule has 14 heteroatoms. The Balaban J connectivity index is 1.85. The lowest BCUT2D eigenvalue weighted by Gasteiger charge is -2.37. The average Bonchev–Trinajstić information content (AvgIpc) is 2.91. The zero-order valence-corrected chi connectivity index (χ0v) is 17.8. The molecule has 0 unspecified atom stereocenters. The van der Waals surface area contributed by atoms with Crippen LogP contribution in [0.25, 0.3) is 6.08 Å². The van der Waals surface area contributed by atoms with Crippen molar-refractivity contribution in [2.45, 2.75) is 23.1 Å². The van der Waals surface area contributed by atoms with Crippen molar-refractivity contribution in [3.05, 3.63) is 35.7 Å².